The van der Waals surface area contributed by atoms with Gasteiger partial charge in [0.2, 0.25) is 5.91 Å². The third kappa shape index (κ3) is 7.77. The first-order valence-corrected chi connectivity index (χ1v) is 12.2. The van der Waals surface area contributed by atoms with Crippen LogP contribution in [0.1, 0.15) is 18.1 Å². The maximum absolute atomic E-state index is 12.6. The fourth-order valence-corrected chi connectivity index (χ4v) is 4.85. The van der Waals surface area contributed by atoms with E-state index in [4.69, 9.17) is 14.7 Å². The van der Waals surface area contributed by atoms with E-state index < -0.39 is 6.10 Å². The smallest absolute Gasteiger partial charge is 0.234 e. The summed E-state index contributed by atoms with van der Waals surface area (Å²) in [4.78, 5) is 17.0. The Morgan fingerprint density at radius 1 is 1.11 bits per heavy atom. The second-order valence-corrected chi connectivity index (χ2v) is 9.55. The number of β-amino-alcohol motifs (C(OH)–C–C–N with tert-alkyl or cyclic N) is 1. The van der Waals surface area contributed by atoms with Crippen LogP contribution < -0.4 is 10.1 Å². The van der Waals surface area contributed by atoms with Crippen molar-refractivity contribution in [2.75, 3.05) is 45.9 Å². The van der Waals surface area contributed by atoms with E-state index in [0.29, 0.717) is 50.6 Å². The number of nitriles is 1. The summed E-state index contributed by atoms with van der Waals surface area (Å²) < 4.78 is 11.8. The molecule has 0 radical (unpaired) electrons. The summed E-state index contributed by atoms with van der Waals surface area (Å²) in [7, 11) is 0. The number of carbonyl (C=O) groups is 1. The Hall–Kier alpha value is -2.96. The van der Waals surface area contributed by atoms with E-state index >= 15 is 0 Å². The van der Waals surface area contributed by atoms with Crippen molar-refractivity contribution in [2.45, 2.75) is 37.7 Å². The molecule has 2 aliphatic heterocycles. The van der Waals surface area contributed by atoms with Crippen molar-refractivity contribution in [1.82, 2.24) is 15.1 Å². The zero-order valence-corrected chi connectivity index (χ0v) is 20.2. The predicted octanol–water partition coefficient (Wildman–Crippen LogP) is 1.43. The number of hydrogen-bond acceptors (Lipinski definition) is 7. The Balaban J connectivity index is 1.17. The van der Waals surface area contributed by atoms with E-state index in [-0.39, 0.29) is 30.8 Å². The number of aliphatic hydroxyl groups excluding tert-OH is 1. The first-order chi connectivity index (χ1) is 17.0. The minimum absolute atomic E-state index is 0.0173. The first-order valence-electron chi connectivity index (χ1n) is 12.2. The number of fused-ring (bicyclic) bond motifs is 2. The normalized spacial score (nSPS) is 22.1. The number of aliphatic hydroxyl groups is 1. The van der Waals surface area contributed by atoms with Gasteiger partial charge in [0.15, 0.2) is 0 Å². The molecule has 2 aromatic carbocycles. The summed E-state index contributed by atoms with van der Waals surface area (Å²) in [6, 6.07) is 19.2. The molecule has 3 unspecified atom stereocenters. The van der Waals surface area contributed by atoms with Gasteiger partial charge in [0.25, 0.3) is 0 Å². The molecule has 2 saturated heterocycles. The molecule has 8 nitrogen and oxygen atoms in total. The second-order valence-electron chi connectivity index (χ2n) is 9.55. The van der Waals surface area contributed by atoms with Gasteiger partial charge in [0, 0.05) is 38.8 Å². The molecule has 0 spiro atoms. The largest absolute Gasteiger partial charge is 0.491 e. The van der Waals surface area contributed by atoms with Gasteiger partial charge in [-0.05, 0) is 43.2 Å². The number of ether oxygens (including phenoxy) is 2. The van der Waals surface area contributed by atoms with Gasteiger partial charge < -0.3 is 19.9 Å². The Labute approximate surface area is 207 Å². The number of hydrogen-bond donors (Lipinski definition) is 2. The number of nitrogens with one attached hydrogen (secondary N) is 1. The maximum Gasteiger partial charge on any atom is 0.234 e. The molecular weight excluding hydrogens is 444 g/mol. The van der Waals surface area contributed by atoms with Crippen LogP contribution in [0.2, 0.25) is 0 Å². The lowest BCUT2D eigenvalue weighted by Crippen LogP contribution is -2.61. The molecule has 2 fully saturated rings. The lowest BCUT2D eigenvalue weighted by atomic mass is 10.1. The molecule has 2 aromatic rings. The summed E-state index contributed by atoms with van der Waals surface area (Å²) in [6.45, 7) is 5.93. The third-order valence-corrected chi connectivity index (χ3v) is 6.29. The molecule has 0 saturated carbocycles. The van der Waals surface area contributed by atoms with Crippen LogP contribution in [0.25, 0.3) is 0 Å². The highest BCUT2D eigenvalue weighted by Gasteiger charge is 2.36. The minimum Gasteiger partial charge on any atom is -0.491 e. The Kier molecular flexibility index (Phi) is 8.72. The molecule has 0 aromatic heterocycles. The van der Waals surface area contributed by atoms with Crippen LogP contribution in [-0.4, -0.2) is 91.0 Å². The standard InChI is InChI=1S/C27H34N4O4/c1-20(11-21-5-3-2-4-6-21)29-27(33)18-31-16-25-14-30(15-26(17-31)35-25)13-23(32)19-34-24-9-7-22(12-28)8-10-24/h2-10,20,23,25-26,32H,11,13-19H2,1H3,(H,29,33)/t20?,23-,25?,26?/m0/s1. The number of rotatable bonds is 10. The monoisotopic (exact) mass is 478 g/mol. The molecule has 2 bridgehead atoms. The van der Waals surface area contributed by atoms with Crippen LogP contribution in [0.5, 0.6) is 5.75 Å². The summed E-state index contributed by atoms with van der Waals surface area (Å²) in [5.41, 5.74) is 1.79. The quantitative estimate of drug-likeness (QED) is 0.533. The lowest BCUT2D eigenvalue weighted by Gasteiger charge is -2.46. The van der Waals surface area contributed by atoms with Crippen molar-refractivity contribution in [3.8, 4) is 11.8 Å². The number of morpholine rings is 2. The van der Waals surface area contributed by atoms with E-state index in [1.54, 1.807) is 24.3 Å². The van der Waals surface area contributed by atoms with Crippen molar-refractivity contribution >= 4 is 5.91 Å². The molecule has 0 aliphatic carbocycles. The summed E-state index contributed by atoms with van der Waals surface area (Å²) in [5, 5.41) is 22.5. The topological polar surface area (TPSA) is 98.1 Å². The fourth-order valence-electron chi connectivity index (χ4n) is 4.85. The first kappa shape index (κ1) is 25.1. The molecule has 8 heteroatoms. The fraction of sp³-hybridized carbons (Fsp3) is 0.481. The molecule has 2 N–H and O–H groups in total. The summed E-state index contributed by atoms with van der Waals surface area (Å²) >= 11 is 0. The van der Waals surface area contributed by atoms with Crippen molar-refractivity contribution in [3.05, 3.63) is 65.7 Å². The van der Waals surface area contributed by atoms with Crippen molar-refractivity contribution in [1.29, 1.82) is 5.26 Å². The van der Waals surface area contributed by atoms with Gasteiger partial charge in [-0.1, -0.05) is 30.3 Å². The minimum atomic E-state index is -0.627. The van der Waals surface area contributed by atoms with Gasteiger partial charge in [-0.15, -0.1) is 0 Å². The van der Waals surface area contributed by atoms with Gasteiger partial charge in [-0.2, -0.15) is 5.26 Å². The zero-order valence-electron chi connectivity index (χ0n) is 20.2. The molecule has 186 valence electrons. The molecule has 35 heavy (non-hydrogen) atoms. The van der Waals surface area contributed by atoms with Crippen LogP contribution in [0.15, 0.2) is 54.6 Å². The van der Waals surface area contributed by atoms with E-state index in [1.165, 1.54) is 5.56 Å². The summed E-state index contributed by atoms with van der Waals surface area (Å²) in [6.07, 6.45) is 0.220. The van der Waals surface area contributed by atoms with Crippen LogP contribution in [-0.2, 0) is 16.0 Å². The van der Waals surface area contributed by atoms with Gasteiger partial charge in [0.1, 0.15) is 18.5 Å². The van der Waals surface area contributed by atoms with Gasteiger partial charge in [-0.25, -0.2) is 0 Å². The van der Waals surface area contributed by atoms with Crippen LogP contribution in [0, 0.1) is 11.3 Å². The average Bonchev–Trinajstić information content (AvgIpc) is 2.83. The lowest BCUT2D eigenvalue weighted by molar-refractivity contribution is -0.148. The average molecular weight is 479 g/mol. The number of amides is 1. The SMILES string of the molecule is CC(Cc1ccccc1)NC(=O)CN1CC2CN(C[C@H](O)COc3ccc(C#N)cc3)CC(C1)O2. The van der Waals surface area contributed by atoms with Crippen molar-refractivity contribution < 1.29 is 19.4 Å². The third-order valence-electron chi connectivity index (χ3n) is 6.29. The summed E-state index contributed by atoms with van der Waals surface area (Å²) in [5.74, 6) is 0.675. The number of benzene rings is 2. The van der Waals surface area contributed by atoms with E-state index in [9.17, 15) is 9.90 Å². The van der Waals surface area contributed by atoms with Crippen LogP contribution >= 0.6 is 0 Å². The molecule has 2 heterocycles. The zero-order chi connectivity index (χ0) is 24.6. The van der Waals surface area contributed by atoms with Gasteiger partial charge in [0.05, 0.1) is 30.4 Å². The van der Waals surface area contributed by atoms with E-state index in [2.05, 4.69) is 33.3 Å². The highest BCUT2D eigenvalue weighted by atomic mass is 16.5. The molecule has 4 rings (SSSR count). The molecule has 4 atom stereocenters. The van der Waals surface area contributed by atoms with Crippen molar-refractivity contribution in [3.63, 3.8) is 0 Å². The predicted molar refractivity (Wildman–Crippen MR) is 132 cm³/mol. The highest BCUT2D eigenvalue weighted by Crippen LogP contribution is 2.20. The van der Waals surface area contributed by atoms with Gasteiger partial charge >= 0.3 is 0 Å². The molecule has 1 amide bonds. The van der Waals surface area contributed by atoms with Gasteiger partial charge in [-0.3, -0.25) is 14.6 Å². The maximum atomic E-state index is 12.6. The highest BCUT2D eigenvalue weighted by molar-refractivity contribution is 5.78. The number of nitrogens with zero attached hydrogens (tertiary/aromatic N) is 3. The van der Waals surface area contributed by atoms with E-state index in [0.717, 1.165) is 6.42 Å². The Morgan fingerprint density at radius 2 is 1.77 bits per heavy atom. The second kappa shape index (κ2) is 12.1. The Morgan fingerprint density at radius 3 is 2.43 bits per heavy atom. The van der Waals surface area contributed by atoms with Crippen molar-refractivity contribution in [2.24, 2.45) is 0 Å². The van der Waals surface area contributed by atoms with Crippen LogP contribution in [0.3, 0.4) is 0 Å². The number of carbonyl (C=O) groups excluding carboxylic acids is 1. The van der Waals surface area contributed by atoms with E-state index in [1.807, 2.05) is 25.1 Å². The molecule has 2 aliphatic rings. The Bertz CT molecular complexity index is 980. The molecular formula is C27H34N4O4. The van der Waals surface area contributed by atoms with Crippen LogP contribution in [0.4, 0.5) is 0 Å².